The van der Waals surface area contributed by atoms with E-state index in [2.05, 4.69) is 22.0 Å². The maximum absolute atomic E-state index is 5.75. The molecule has 0 aliphatic heterocycles. The van der Waals surface area contributed by atoms with Crippen molar-refractivity contribution in [2.24, 2.45) is 0 Å². The Balaban J connectivity index is 2.40. The molecule has 15 heavy (non-hydrogen) atoms. The lowest BCUT2D eigenvalue weighted by Crippen LogP contribution is -2.01. The fraction of sp³-hybridized carbons (Fsp3) is 0.167. The van der Waals surface area contributed by atoms with E-state index in [0.29, 0.717) is 5.15 Å². The number of hydrogen-bond acceptors (Lipinski definition) is 2. The van der Waals surface area contributed by atoms with Crippen molar-refractivity contribution in [2.75, 3.05) is 0 Å². The number of aromatic nitrogens is 2. The summed E-state index contributed by atoms with van der Waals surface area (Å²) in [6.07, 6.45) is 7.68. The van der Waals surface area contributed by atoms with E-state index in [9.17, 15) is 0 Å². The van der Waals surface area contributed by atoms with Crippen LogP contribution in [0.3, 0.4) is 0 Å². The minimum atomic E-state index is 0.00441. The third-order valence-electron chi connectivity index (χ3n) is 2.12. The van der Waals surface area contributed by atoms with Crippen LogP contribution in [0.1, 0.15) is 17.2 Å². The SMILES string of the molecule is Cc1cc(Cl)nnc1C1C#CC=CC=C1. The highest BCUT2D eigenvalue weighted by atomic mass is 35.5. The fourth-order valence-electron chi connectivity index (χ4n) is 1.39. The van der Waals surface area contributed by atoms with E-state index in [4.69, 9.17) is 11.6 Å². The van der Waals surface area contributed by atoms with Crippen LogP contribution in [0, 0.1) is 18.8 Å². The molecule has 2 rings (SSSR count). The minimum Gasteiger partial charge on any atom is -0.152 e. The van der Waals surface area contributed by atoms with Gasteiger partial charge in [-0.2, -0.15) is 5.10 Å². The van der Waals surface area contributed by atoms with Gasteiger partial charge < -0.3 is 0 Å². The highest BCUT2D eigenvalue weighted by Crippen LogP contribution is 2.20. The summed E-state index contributed by atoms with van der Waals surface area (Å²) in [5.74, 6) is 6.04. The zero-order valence-electron chi connectivity index (χ0n) is 8.24. The fourth-order valence-corrected chi connectivity index (χ4v) is 1.60. The van der Waals surface area contributed by atoms with Crippen LogP contribution in [0.15, 0.2) is 30.4 Å². The molecular formula is C12H9ClN2. The first-order chi connectivity index (χ1) is 7.27. The molecule has 1 unspecified atom stereocenters. The van der Waals surface area contributed by atoms with Crippen LogP contribution >= 0.6 is 11.6 Å². The Bertz CT molecular complexity index is 492. The third kappa shape index (κ3) is 2.26. The summed E-state index contributed by atoms with van der Waals surface area (Å²) in [5.41, 5.74) is 1.88. The summed E-state index contributed by atoms with van der Waals surface area (Å²) in [6, 6.07) is 1.80. The molecule has 0 fully saturated rings. The summed E-state index contributed by atoms with van der Waals surface area (Å²) < 4.78 is 0. The molecule has 0 amide bonds. The van der Waals surface area contributed by atoms with Crippen molar-refractivity contribution in [3.8, 4) is 11.8 Å². The van der Waals surface area contributed by atoms with E-state index in [1.807, 2.05) is 31.2 Å². The minimum absolute atomic E-state index is 0.00441. The second-order valence-corrected chi connectivity index (χ2v) is 3.63. The summed E-state index contributed by atoms with van der Waals surface area (Å²) in [4.78, 5) is 0. The number of aryl methyl sites for hydroxylation is 1. The number of allylic oxidation sites excluding steroid dienone is 4. The Morgan fingerprint density at radius 3 is 3.00 bits per heavy atom. The lowest BCUT2D eigenvalue weighted by Gasteiger charge is -2.06. The maximum atomic E-state index is 5.75. The van der Waals surface area contributed by atoms with Gasteiger partial charge in [-0.05, 0) is 24.6 Å². The molecule has 0 saturated heterocycles. The Morgan fingerprint density at radius 2 is 2.20 bits per heavy atom. The van der Waals surface area contributed by atoms with Gasteiger partial charge in [0.25, 0.3) is 0 Å². The van der Waals surface area contributed by atoms with Gasteiger partial charge in [0.15, 0.2) is 5.15 Å². The van der Waals surface area contributed by atoms with Gasteiger partial charge in [0.05, 0.1) is 11.6 Å². The van der Waals surface area contributed by atoms with E-state index >= 15 is 0 Å². The van der Waals surface area contributed by atoms with Crippen LogP contribution in [0.5, 0.6) is 0 Å². The van der Waals surface area contributed by atoms with E-state index in [0.717, 1.165) is 11.3 Å². The standard InChI is InChI=1S/C12H9ClN2/c1-9-8-11(13)14-15-12(9)10-6-4-2-3-5-7-10/h2-4,6,8,10H,1H3. The van der Waals surface area contributed by atoms with Crippen molar-refractivity contribution in [3.05, 3.63) is 46.8 Å². The molecule has 0 saturated carbocycles. The van der Waals surface area contributed by atoms with Gasteiger partial charge in [0.1, 0.15) is 0 Å². The normalized spacial score (nSPS) is 18.1. The van der Waals surface area contributed by atoms with Gasteiger partial charge in [0, 0.05) is 0 Å². The average molecular weight is 217 g/mol. The smallest absolute Gasteiger partial charge is 0.151 e. The third-order valence-corrected chi connectivity index (χ3v) is 2.31. The van der Waals surface area contributed by atoms with Gasteiger partial charge in [-0.1, -0.05) is 41.7 Å². The van der Waals surface area contributed by atoms with Crippen molar-refractivity contribution in [2.45, 2.75) is 12.8 Å². The highest BCUT2D eigenvalue weighted by molar-refractivity contribution is 6.29. The van der Waals surface area contributed by atoms with Gasteiger partial charge in [-0.25, -0.2) is 0 Å². The van der Waals surface area contributed by atoms with Gasteiger partial charge in [0.2, 0.25) is 0 Å². The Hall–Kier alpha value is -1.59. The topological polar surface area (TPSA) is 25.8 Å². The summed E-state index contributed by atoms with van der Waals surface area (Å²) in [5, 5.41) is 8.34. The Labute approximate surface area is 93.7 Å². The molecule has 0 radical (unpaired) electrons. The number of nitrogens with zero attached hydrogens (tertiary/aromatic N) is 2. The zero-order valence-corrected chi connectivity index (χ0v) is 8.99. The molecule has 1 atom stereocenters. The number of rotatable bonds is 1. The molecule has 1 aliphatic rings. The van der Waals surface area contributed by atoms with Crippen LogP contribution in [0.25, 0.3) is 0 Å². The van der Waals surface area contributed by atoms with Crippen LogP contribution in [-0.4, -0.2) is 10.2 Å². The second kappa shape index (κ2) is 4.29. The van der Waals surface area contributed by atoms with Crippen LogP contribution < -0.4 is 0 Å². The molecule has 1 aromatic heterocycles. The van der Waals surface area contributed by atoms with Crippen LogP contribution in [0.4, 0.5) is 0 Å². The molecule has 2 nitrogen and oxygen atoms in total. The molecule has 0 bridgehead atoms. The monoisotopic (exact) mass is 216 g/mol. The highest BCUT2D eigenvalue weighted by Gasteiger charge is 2.11. The average Bonchev–Trinajstić information content (AvgIpc) is 2.46. The van der Waals surface area contributed by atoms with Crippen molar-refractivity contribution in [1.29, 1.82) is 0 Å². The summed E-state index contributed by atoms with van der Waals surface area (Å²) in [6.45, 7) is 1.96. The van der Waals surface area contributed by atoms with Gasteiger partial charge in [-0.15, -0.1) is 5.10 Å². The molecule has 0 aromatic carbocycles. The molecule has 3 heteroatoms. The summed E-state index contributed by atoms with van der Waals surface area (Å²) in [7, 11) is 0. The molecule has 1 aromatic rings. The molecule has 0 spiro atoms. The van der Waals surface area contributed by atoms with Gasteiger partial charge >= 0.3 is 0 Å². The Morgan fingerprint density at radius 1 is 1.33 bits per heavy atom. The van der Waals surface area contributed by atoms with Crippen molar-refractivity contribution in [3.63, 3.8) is 0 Å². The maximum Gasteiger partial charge on any atom is 0.151 e. The quantitative estimate of drug-likeness (QED) is 0.675. The molecule has 0 N–H and O–H groups in total. The van der Waals surface area contributed by atoms with Crippen molar-refractivity contribution < 1.29 is 0 Å². The lowest BCUT2D eigenvalue weighted by molar-refractivity contribution is 0.893. The molecular weight excluding hydrogens is 208 g/mol. The first-order valence-electron chi connectivity index (χ1n) is 4.61. The lowest BCUT2D eigenvalue weighted by atomic mass is 10.0. The second-order valence-electron chi connectivity index (χ2n) is 3.25. The zero-order chi connectivity index (χ0) is 10.7. The van der Waals surface area contributed by atoms with E-state index < -0.39 is 0 Å². The first kappa shape index (κ1) is 9.95. The first-order valence-corrected chi connectivity index (χ1v) is 4.99. The largest absolute Gasteiger partial charge is 0.152 e. The van der Waals surface area contributed by atoms with Crippen LogP contribution in [-0.2, 0) is 0 Å². The van der Waals surface area contributed by atoms with Crippen molar-refractivity contribution in [1.82, 2.24) is 10.2 Å². The number of hydrogen-bond donors (Lipinski definition) is 0. The summed E-state index contributed by atoms with van der Waals surface area (Å²) >= 11 is 5.75. The Kier molecular flexibility index (Phi) is 2.84. The van der Waals surface area contributed by atoms with Gasteiger partial charge in [-0.3, -0.25) is 0 Å². The van der Waals surface area contributed by atoms with Crippen molar-refractivity contribution >= 4 is 11.6 Å². The van der Waals surface area contributed by atoms with E-state index in [-0.39, 0.29) is 5.92 Å². The molecule has 74 valence electrons. The molecule has 1 heterocycles. The molecule has 1 aliphatic carbocycles. The number of halogens is 1. The van der Waals surface area contributed by atoms with E-state index in [1.165, 1.54) is 0 Å². The predicted molar refractivity (Wildman–Crippen MR) is 60.6 cm³/mol. The van der Waals surface area contributed by atoms with E-state index in [1.54, 1.807) is 6.07 Å². The predicted octanol–water partition coefficient (Wildman–Crippen LogP) is 2.65. The van der Waals surface area contributed by atoms with Crippen LogP contribution in [0.2, 0.25) is 5.15 Å².